The first-order chi connectivity index (χ1) is 7.66. The molecule has 2 rings (SSSR count). The van der Waals surface area contributed by atoms with Crippen LogP contribution in [0, 0.1) is 12.7 Å². The monoisotopic (exact) mass is 220 g/mol. The summed E-state index contributed by atoms with van der Waals surface area (Å²) in [5.41, 5.74) is 1.36. The third kappa shape index (κ3) is 2.21. The van der Waals surface area contributed by atoms with Gasteiger partial charge in [0, 0.05) is 13.2 Å². The van der Waals surface area contributed by atoms with Crippen LogP contribution in [-0.4, -0.2) is 9.78 Å². The van der Waals surface area contributed by atoms with Crippen LogP contribution >= 0.6 is 0 Å². The van der Waals surface area contributed by atoms with Gasteiger partial charge in [-0.05, 0) is 24.6 Å². The Hall–Kier alpha value is -1.84. The van der Waals surface area contributed by atoms with E-state index in [1.807, 2.05) is 19.3 Å². The number of hydrogen-bond donors (Lipinski definition) is 0. The van der Waals surface area contributed by atoms with E-state index in [1.54, 1.807) is 29.8 Å². The van der Waals surface area contributed by atoms with E-state index in [4.69, 9.17) is 4.74 Å². The van der Waals surface area contributed by atoms with Gasteiger partial charge in [0.15, 0.2) is 11.6 Å². The van der Waals surface area contributed by atoms with Crippen molar-refractivity contribution in [2.45, 2.75) is 13.5 Å². The van der Waals surface area contributed by atoms with Gasteiger partial charge in [-0.3, -0.25) is 4.68 Å². The summed E-state index contributed by atoms with van der Waals surface area (Å²) >= 11 is 0. The third-order valence-corrected chi connectivity index (χ3v) is 2.30. The number of nitrogens with zero attached hydrogens (tertiary/aromatic N) is 2. The largest absolute Gasteiger partial charge is 0.484 e. The highest BCUT2D eigenvalue weighted by Gasteiger charge is 2.06. The van der Waals surface area contributed by atoms with Crippen LogP contribution in [0.4, 0.5) is 4.39 Å². The average Bonchev–Trinajstić information content (AvgIpc) is 2.67. The molecule has 3 nitrogen and oxygen atoms in total. The summed E-state index contributed by atoms with van der Waals surface area (Å²) in [5.74, 6) is -0.0379. The molecule has 0 radical (unpaired) electrons. The number of benzene rings is 1. The van der Waals surface area contributed by atoms with Gasteiger partial charge in [0.05, 0.1) is 5.69 Å². The summed E-state index contributed by atoms with van der Waals surface area (Å²) in [7, 11) is 1.83. The molecule has 0 aliphatic heterocycles. The van der Waals surface area contributed by atoms with Crippen molar-refractivity contribution < 1.29 is 9.13 Å². The predicted molar refractivity (Wildman–Crippen MR) is 58.7 cm³/mol. The molecule has 1 aromatic heterocycles. The fourth-order valence-corrected chi connectivity index (χ4v) is 1.42. The average molecular weight is 220 g/mol. The van der Waals surface area contributed by atoms with Crippen LogP contribution in [0.25, 0.3) is 0 Å². The van der Waals surface area contributed by atoms with Gasteiger partial charge in [-0.25, -0.2) is 4.39 Å². The summed E-state index contributed by atoms with van der Waals surface area (Å²) in [6.45, 7) is 1.99. The highest BCUT2D eigenvalue weighted by molar-refractivity contribution is 5.30. The minimum Gasteiger partial charge on any atom is -0.484 e. The zero-order valence-electron chi connectivity index (χ0n) is 9.27. The van der Waals surface area contributed by atoms with Crippen LogP contribution in [0.5, 0.6) is 5.75 Å². The zero-order chi connectivity index (χ0) is 11.5. The molecule has 0 saturated carbocycles. The van der Waals surface area contributed by atoms with Crippen LogP contribution in [0.1, 0.15) is 11.3 Å². The first kappa shape index (κ1) is 10.7. The van der Waals surface area contributed by atoms with E-state index < -0.39 is 0 Å². The van der Waals surface area contributed by atoms with Gasteiger partial charge in [-0.1, -0.05) is 12.1 Å². The molecule has 0 bridgehead atoms. The Bertz CT molecular complexity index is 494. The lowest BCUT2D eigenvalue weighted by atomic mass is 10.2. The molecule has 0 aliphatic rings. The molecule has 1 heterocycles. The molecule has 16 heavy (non-hydrogen) atoms. The third-order valence-electron chi connectivity index (χ3n) is 2.30. The second kappa shape index (κ2) is 4.35. The minimum absolute atomic E-state index is 0.269. The molecule has 4 heteroatoms. The lowest BCUT2D eigenvalue weighted by Crippen LogP contribution is -2.00. The molecule has 84 valence electrons. The normalized spacial score (nSPS) is 10.4. The second-order valence-corrected chi connectivity index (χ2v) is 3.66. The van der Waals surface area contributed by atoms with Gasteiger partial charge >= 0.3 is 0 Å². The van der Waals surface area contributed by atoms with E-state index in [1.165, 1.54) is 0 Å². The van der Waals surface area contributed by atoms with Crippen LogP contribution in [0.15, 0.2) is 30.5 Å². The molecule has 0 unspecified atom stereocenters. The molecule has 0 N–H and O–H groups in total. The smallest absolute Gasteiger partial charge is 0.167 e. The molecule has 1 aromatic carbocycles. The highest BCUT2D eigenvalue weighted by atomic mass is 19.1. The van der Waals surface area contributed by atoms with E-state index in [0.29, 0.717) is 5.56 Å². The van der Waals surface area contributed by atoms with E-state index in [2.05, 4.69) is 5.10 Å². The van der Waals surface area contributed by atoms with Crippen LogP contribution in [-0.2, 0) is 13.7 Å². The van der Waals surface area contributed by atoms with Gasteiger partial charge < -0.3 is 4.74 Å². The van der Waals surface area contributed by atoms with E-state index in [9.17, 15) is 4.39 Å². The minimum atomic E-state index is -0.307. The number of aryl methyl sites for hydroxylation is 2. The van der Waals surface area contributed by atoms with E-state index >= 15 is 0 Å². The van der Waals surface area contributed by atoms with Crippen LogP contribution in [0.2, 0.25) is 0 Å². The number of ether oxygens (including phenoxy) is 1. The summed E-state index contributed by atoms with van der Waals surface area (Å²) in [5, 5.41) is 4.15. The lowest BCUT2D eigenvalue weighted by Gasteiger charge is -2.06. The van der Waals surface area contributed by atoms with Crippen molar-refractivity contribution in [3.63, 3.8) is 0 Å². The molecule has 0 atom stereocenters. The Morgan fingerprint density at radius 3 is 2.88 bits per heavy atom. The van der Waals surface area contributed by atoms with Crippen molar-refractivity contribution in [3.05, 3.63) is 47.5 Å². The van der Waals surface area contributed by atoms with Crippen molar-refractivity contribution in [2.24, 2.45) is 7.05 Å². The summed E-state index contributed by atoms with van der Waals surface area (Å²) in [6.07, 6.45) is 1.82. The van der Waals surface area contributed by atoms with Crippen molar-refractivity contribution >= 4 is 0 Å². The number of aromatic nitrogens is 2. The first-order valence-corrected chi connectivity index (χ1v) is 5.03. The standard InChI is InChI=1S/C12H13FN2O/c1-9-4-3-5-11(12(9)13)16-8-10-6-7-15(2)14-10/h3-7H,8H2,1-2H3. The Morgan fingerprint density at radius 2 is 2.19 bits per heavy atom. The molecule has 0 fully saturated rings. The van der Waals surface area contributed by atoms with Crippen molar-refractivity contribution in [1.29, 1.82) is 0 Å². The fourth-order valence-electron chi connectivity index (χ4n) is 1.42. The Balaban J connectivity index is 2.07. The Morgan fingerprint density at radius 1 is 1.38 bits per heavy atom. The van der Waals surface area contributed by atoms with Crippen molar-refractivity contribution in [3.8, 4) is 5.75 Å². The highest BCUT2D eigenvalue weighted by Crippen LogP contribution is 2.20. The SMILES string of the molecule is Cc1cccc(OCc2ccn(C)n2)c1F. The summed E-state index contributed by atoms with van der Waals surface area (Å²) < 4.78 is 20.6. The predicted octanol–water partition coefficient (Wildman–Crippen LogP) is 2.45. The molecule has 0 saturated heterocycles. The topological polar surface area (TPSA) is 27.1 Å². The molecule has 2 aromatic rings. The summed E-state index contributed by atoms with van der Waals surface area (Å²) in [4.78, 5) is 0. The molecular weight excluding hydrogens is 207 g/mol. The molecular formula is C12H13FN2O. The molecule has 0 amide bonds. The summed E-state index contributed by atoms with van der Waals surface area (Å²) in [6, 6.07) is 6.94. The number of halogens is 1. The van der Waals surface area contributed by atoms with Gasteiger partial charge in [0.1, 0.15) is 6.61 Å². The Labute approximate surface area is 93.5 Å². The van der Waals surface area contributed by atoms with E-state index in [0.717, 1.165) is 5.69 Å². The first-order valence-electron chi connectivity index (χ1n) is 5.03. The number of hydrogen-bond acceptors (Lipinski definition) is 2. The van der Waals surface area contributed by atoms with Gasteiger partial charge in [-0.15, -0.1) is 0 Å². The van der Waals surface area contributed by atoms with E-state index in [-0.39, 0.29) is 18.2 Å². The number of rotatable bonds is 3. The zero-order valence-corrected chi connectivity index (χ0v) is 9.27. The van der Waals surface area contributed by atoms with Crippen molar-refractivity contribution in [2.75, 3.05) is 0 Å². The van der Waals surface area contributed by atoms with Crippen molar-refractivity contribution in [1.82, 2.24) is 9.78 Å². The Kier molecular flexibility index (Phi) is 2.90. The van der Waals surface area contributed by atoms with Gasteiger partial charge in [0.25, 0.3) is 0 Å². The molecule has 0 aliphatic carbocycles. The van der Waals surface area contributed by atoms with Gasteiger partial charge in [0.2, 0.25) is 0 Å². The fraction of sp³-hybridized carbons (Fsp3) is 0.250. The maximum atomic E-state index is 13.6. The van der Waals surface area contributed by atoms with Crippen LogP contribution < -0.4 is 4.74 Å². The van der Waals surface area contributed by atoms with Crippen LogP contribution in [0.3, 0.4) is 0 Å². The maximum Gasteiger partial charge on any atom is 0.167 e. The lowest BCUT2D eigenvalue weighted by molar-refractivity contribution is 0.284. The maximum absolute atomic E-state index is 13.6. The second-order valence-electron chi connectivity index (χ2n) is 3.66. The van der Waals surface area contributed by atoms with Gasteiger partial charge in [-0.2, -0.15) is 5.10 Å². The quantitative estimate of drug-likeness (QED) is 0.794. The molecule has 0 spiro atoms.